The standard InChI is InChI=1S/C13H14F3N3O2S/c1-19-9-11(8-17-19)22(20,21)18-12-5-3-2-4-10(12)6-7-13(14,15)16/h2-5,8-9,18H,6-7H2,1H3. The van der Waals surface area contributed by atoms with Crippen LogP contribution in [0.15, 0.2) is 41.6 Å². The number of anilines is 1. The Balaban J connectivity index is 2.23. The molecule has 0 aliphatic carbocycles. The number of hydrogen-bond donors (Lipinski definition) is 1. The highest BCUT2D eigenvalue weighted by Gasteiger charge is 2.27. The topological polar surface area (TPSA) is 64.0 Å². The van der Waals surface area contributed by atoms with Crippen LogP contribution in [-0.4, -0.2) is 24.4 Å². The van der Waals surface area contributed by atoms with Gasteiger partial charge in [0.05, 0.1) is 11.9 Å². The lowest BCUT2D eigenvalue weighted by atomic mass is 10.1. The minimum atomic E-state index is -4.30. The first-order valence-corrected chi connectivity index (χ1v) is 7.82. The molecule has 0 saturated carbocycles. The van der Waals surface area contributed by atoms with E-state index in [2.05, 4.69) is 9.82 Å². The van der Waals surface area contributed by atoms with Crippen LogP contribution >= 0.6 is 0 Å². The van der Waals surface area contributed by atoms with E-state index in [1.807, 2.05) is 0 Å². The van der Waals surface area contributed by atoms with Crippen LogP contribution in [0.25, 0.3) is 0 Å². The quantitative estimate of drug-likeness (QED) is 0.915. The minimum Gasteiger partial charge on any atom is -0.279 e. The van der Waals surface area contributed by atoms with E-state index in [1.54, 1.807) is 19.2 Å². The molecule has 1 aromatic heterocycles. The summed E-state index contributed by atoms with van der Waals surface area (Å²) in [5.41, 5.74) is 0.419. The molecule has 2 rings (SSSR count). The first kappa shape index (κ1) is 16.3. The Morgan fingerprint density at radius 3 is 2.55 bits per heavy atom. The monoisotopic (exact) mass is 333 g/mol. The van der Waals surface area contributed by atoms with Crippen molar-refractivity contribution < 1.29 is 21.6 Å². The third kappa shape index (κ3) is 4.23. The molecule has 0 bridgehead atoms. The molecular weight excluding hydrogens is 319 g/mol. The minimum absolute atomic E-state index is 0.0550. The first-order valence-electron chi connectivity index (χ1n) is 6.33. The zero-order valence-corrected chi connectivity index (χ0v) is 12.4. The molecule has 0 radical (unpaired) electrons. The average molecular weight is 333 g/mol. The van der Waals surface area contributed by atoms with Crippen molar-refractivity contribution in [2.45, 2.75) is 23.9 Å². The van der Waals surface area contributed by atoms with Crippen molar-refractivity contribution in [1.29, 1.82) is 0 Å². The van der Waals surface area contributed by atoms with Crippen LogP contribution in [0, 0.1) is 0 Å². The average Bonchev–Trinajstić information content (AvgIpc) is 2.84. The fourth-order valence-corrected chi connectivity index (χ4v) is 2.94. The van der Waals surface area contributed by atoms with Crippen molar-refractivity contribution in [2.75, 3.05) is 4.72 Å². The number of benzene rings is 1. The van der Waals surface area contributed by atoms with Gasteiger partial charge < -0.3 is 0 Å². The lowest BCUT2D eigenvalue weighted by molar-refractivity contribution is -0.133. The van der Waals surface area contributed by atoms with Crippen LogP contribution in [0.2, 0.25) is 0 Å². The van der Waals surface area contributed by atoms with Gasteiger partial charge in [-0.3, -0.25) is 9.40 Å². The maximum Gasteiger partial charge on any atom is 0.389 e. The van der Waals surface area contributed by atoms with Gasteiger partial charge in [0.25, 0.3) is 10.0 Å². The molecule has 22 heavy (non-hydrogen) atoms. The van der Waals surface area contributed by atoms with Crippen LogP contribution in [0.4, 0.5) is 18.9 Å². The number of rotatable bonds is 5. The third-order valence-electron chi connectivity index (χ3n) is 2.93. The molecule has 0 atom stereocenters. The van der Waals surface area contributed by atoms with Gasteiger partial charge in [-0.05, 0) is 18.1 Å². The number of nitrogens with one attached hydrogen (secondary N) is 1. The van der Waals surface area contributed by atoms with E-state index in [9.17, 15) is 21.6 Å². The lowest BCUT2D eigenvalue weighted by Gasteiger charge is -2.12. The molecule has 0 aliphatic heterocycles. The molecule has 0 spiro atoms. The number of para-hydroxylation sites is 1. The summed E-state index contributed by atoms with van der Waals surface area (Å²) in [6, 6.07) is 6.01. The zero-order valence-electron chi connectivity index (χ0n) is 11.6. The summed E-state index contributed by atoms with van der Waals surface area (Å²) in [5.74, 6) is 0. The molecule has 1 N–H and O–H groups in total. The highest BCUT2D eigenvalue weighted by molar-refractivity contribution is 7.92. The number of hydrogen-bond acceptors (Lipinski definition) is 3. The SMILES string of the molecule is Cn1cc(S(=O)(=O)Nc2ccccc2CCC(F)(F)F)cn1. The highest BCUT2D eigenvalue weighted by atomic mass is 32.2. The summed E-state index contributed by atoms with van der Waals surface area (Å²) >= 11 is 0. The van der Waals surface area contributed by atoms with Crippen LogP contribution < -0.4 is 4.72 Å². The fraction of sp³-hybridized carbons (Fsp3) is 0.308. The molecule has 0 aliphatic rings. The zero-order chi connectivity index (χ0) is 16.4. The fourth-order valence-electron chi connectivity index (χ4n) is 1.86. The molecule has 5 nitrogen and oxygen atoms in total. The van der Waals surface area contributed by atoms with Gasteiger partial charge in [0.1, 0.15) is 4.90 Å². The molecule has 2 aromatic rings. The number of alkyl halides is 3. The first-order chi connectivity index (χ1) is 10.2. The Morgan fingerprint density at radius 1 is 1.27 bits per heavy atom. The normalized spacial score (nSPS) is 12.4. The summed E-state index contributed by atoms with van der Waals surface area (Å²) < 4.78 is 65.0. The maximum absolute atomic E-state index is 12.3. The van der Waals surface area contributed by atoms with E-state index >= 15 is 0 Å². The summed E-state index contributed by atoms with van der Waals surface area (Å²) in [4.78, 5) is -0.0550. The summed E-state index contributed by atoms with van der Waals surface area (Å²) in [6.45, 7) is 0. The highest BCUT2D eigenvalue weighted by Crippen LogP contribution is 2.26. The van der Waals surface area contributed by atoms with E-state index < -0.39 is 22.6 Å². The predicted molar refractivity (Wildman–Crippen MR) is 74.8 cm³/mol. The van der Waals surface area contributed by atoms with Crippen molar-refractivity contribution >= 4 is 15.7 Å². The Bertz CT molecular complexity index is 754. The number of aromatic nitrogens is 2. The van der Waals surface area contributed by atoms with Gasteiger partial charge in [-0.15, -0.1) is 0 Å². The second kappa shape index (κ2) is 5.99. The molecule has 0 amide bonds. The van der Waals surface area contributed by atoms with Crippen LogP contribution in [0.5, 0.6) is 0 Å². The van der Waals surface area contributed by atoms with Gasteiger partial charge in [-0.2, -0.15) is 18.3 Å². The van der Waals surface area contributed by atoms with Gasteiger partial charge in [0, 0.05) is 19.7 Å². The number of aryl methyl sites for hydroxylation is 2. The Hall–Kier alpha value is -2.03. The van der Waals surface area contributed by atoms with Gasteiger partial charge in [-0.1, -0.05) is 18.2 Å². The van der Waals surface area contributed by atoms with Crippen molar-refractivity contribution in [3.8, 4) is 0 Å². The number of sulfonamides is 1. The van der Waals surface area contributed by atoms with Crippen molar-refractivity contribution in [2.24, 2.45) is 7.05 Å². The molecule has 9 heteroatoms. The molecule has 0 saturated heterocycles. The second-order valence-corrected chi connectivity index (χ2v) is 6.41. The largest absolute Gasteiger partial charge is 0.389 e. The number of nitrogens with zero attached hydrogens (tertiary/aromatic N) is 2. The third-order valence-corrected chi connectivity index (χ3v) is 4.25. The molecule has 0 fully saturated rings. The molecule has 0 unspecified atom stereocenters. The lowest BCUT2D eigenvalue weighted by Crippen LogP contribution is -2.15. The van der Waals surface area contributed by atoms with E-state index in [4.69, 9.17) is 0 Å². The Morgan fingerprint density at radius 2 is 1.95 bits per heavy atom. The maximum atomic E-state index is 12.3. The van der Waals surface area contributed by atoms with Crippen LogP contribution in [-0.2, 0) is 23.5 Å². The number of halogens is 3. The molecule has 120 valence electrons. The Kier molecular flexibility index (Phi) is 4.45. The van der Waals surface area contributed by atoms with E-state index in [1.165, 1.54) is 29.2 Å². The predicted octanol–water partition coefficient (Wildman–Crippen LogP) is 2.72. The van der Waals surface area contributed by atoms with Crippen molar-refractivity contribution in [3.63, 3.8) is 0 Å². The molecule has 1 aromatic carbocycles. The van der Waals surface area contributed by atoms with Crippen LogP contribution in [0.1, 0.15) is 12.0 Å². The van der Waals surface area contributed by atoms with Crippen molar-refractivity contribution in [1.82, 2.24) is 9.78 Å². The smallest absolute Gasteiger partial charge is 0.279 e. The van der Waals surface area contributed by atoms with Crippen LogP contribution in [0.3, 0.4) is 0 Å². The summed E-state index contributed by atoms with van der Waals surface area (Å²) in [7, 11) is -2.32. The van der Waals surface area contributed by atoms with Gasteiger partial charge >= 0.3 is 6.18 Å². The van der Waals surface area contributed by atoms with E-state index in [-0.39, 0.29) is 22.6 Å². The van der Waals surface area contributed by atoms with Crippen molar-refractivity contribution in [3.05, 3.63) is 42.2 Å². The molecule has 1 heterocycles. The summed E-state index contributed by atoms with van der Waals surface area (Å²) in [5, 5.41) is 3.76. The van der Waals surface area contributed by atoms with Gasteiger partial charge in [0.2, 0.25) is 0 Å². The summed E-state index contributed by atoms with van der Waals surface area (Å²) in [6.07, 6.45) is -3.13. The van der Waals surface area contributed by atoms with Gasteiger partial charge in [-0.25, -0.2) is 8.42 Å². The van der Waals surface area contributed by atoms with E-state index in [0.717, 1.165) is 0 Å². The Labute approximate surface area is 125 Å². The second-order valence-electron chi connectivity index (χ2n) is 4.73. The van der Waals surface area contributed by atoms with E-state index in [0.29, 0.717) is 0 Å². The van der Waals surface area contributed by atoms with Gasteiger partial charge in [0.15, 0.2) is 0 Å². The molecular formula is C13H14F3N3O2S.